The smallest absolute Gasteiger partial charge is 0.342 e. The first-order valence-electron chi connectivity index (χ1n) is 7.63. The molecule has 8 heteroatoms. The molecule has 1 aromatic heterocycles. The topological polar surface area (TPSA) is 62.5 Å². The molecule has 1 aromatic carbocycles. The first-order valence-corrected chi connectivity index (χ1v) is 9.67. The van der Waals surface area contributed by atoms with Crippen molar-refractivity contribution in [1.29, 1.82) is 0 Å². The third-order valence-corrected chi connectivity index (χ3v) is 6.56. The second-order valence-electron chi connectivity index (χ2n) is 5.82. The molecule has 1 fully saturated rings. The van der Waals surface area contributed by atoms with Crippen LogP contribution >= 0.6 is 23.5 Å². The minimum Gasteiger partial charge on any atom is -0.477 e. The maximum Gasteiger partial charge on any atom is 0.342 e. The van der Waals surface area contributed by atoms with Crippen LogP contribution in [0.4, 0.5) is 10.1 Å². The van der Waals surface area contributed by atoms with Crippen LogP contribution in [0.25, 0.3) is 10.9 Å². The lowest BCUT2D eigenvalue weighted by Crippen LogP contribution is -2.33. The van der Waals surface area contributed by atoms with Crippen LogP contribution in [0.1, 0.15) is 22.7 Å². The van der Waals surface area contributed by atoms with Crippen LogP contribution in [0.2, 0.25) is 0 Å². The molecule has 0 amide bonds. The predicted molar refractivity (Wildman–Crippen MR) is 95.2 cm³/mol. The number of aromatic carboxylic acids is 1. The summed E-state index contributed by atoms with van der Waals surface area (Å²) in [6, 6.07) is 2.90. The molecule has 0 radical (unpaired) electrons. The maximum atomic E-state index is 14.6. The number of hydrogen-bond donors (Lipinski definition) is 1. The van der Waals surface area contributed by atoms with Crippen molar-refractivity contribution >= 4 is 46.1 Å². The average molecular weight is 366 g/mol. The molecule has 0 spiro atoms. The quantitative estimate of drug-likeness (QED) is 0.882. The molecule has 4 rings (SSSR count). The molecule has 0 aliphatic carbocycles. The highest BCUT2D eigenvalue weighted by molar-refractivity contribution is 8.00. The first-order chi connectivity index (χ1) is 11.5. The molecule has 2 aliphatic heterocycles. The van der Waals surface area contributed by atoms with E-state index < -0.39 is 17.2 Å². The van der Waals surface area contributed by atoms with E-state index in [1.807, 2.05) is 28.2 Å². The largest absolute Gasteiger partial charge is 0.477 e. The van der Waals surface area contributed by atoms with Gasteiger partial charge in [-0.2, -0.15) is 11.8 Å². The number of benzene rings is 1. The van der Waals surface area contributed by atoms with E-state index in [0.717, 1.165) is 24.6 Å². The molecule has 1 N–H and O–H groups in total. The number of thioether (sulfide) groups is 2. The standard InChI is InChI=1S/C16H15FN2O3S2/c1-8-19-11-7-12(18-2-4-23-5-3-18)10(17)6-9(11)14(20)13(16(21)22)15(19)24-8/h6-8H,2-5H2,1H3,(H,21,22). The lowest BCUT2D eigenvalue weighted by Gasteiger charge is -2.34. The van der Waals surface area contributed by atoms with Gasteiger partial charge in [0.2, 0.25) is 5.43 Å². The summed E-state index contributed by atoms with van der Waals surface area (Å²) in [5.41, 5.74) is 0.236. The first kappa shape index (κ1) is 15.8. The number of carbonyl (C=O) groups is 1. The van der Waals surface area contributed by atoms with E-state index >= 15 is 0 Å². The van der Waals surface area contributed by atoms with Crippen molar-refractivity contribution in [3.05, 3.63) is 33.7 Å². The summed E-state index contributed by atoms with van der Waals surface area (Å²) >= 11 is 3.19. The summed E-state index contributed by atoms with van der Waals surface area (Å²) in [6.07, 6.45) is 0. The fraction of sp³-hybridized carbons (Fsp3) is 0.375. The van der Waals surface area contributed by atoms with E-state index in [-0.39, 0.29) is 16.3 Å². The van der Waals surface area contributed by atoms with Crippen molar-refractivity contribution in [3.8, 4) is 0 Å². The number of halogens is 1. The molecule has 1 saturated heterocycles. The van der Waals surface area contributed by atoms with Crippen LogP contribution in [0.5, 0.6) is 0 Å². The molecular formula is C16H15FN2O3S2. The molecule has 2 aliphatic rings. The Morgan fingerprint density at radius 3 is 2.67 bits per heavy atom. The number of nitrogens with zero attached hydrogens (tertiary/aromatic N) is 2. The van der Waals surface area contributed by atoms with E-state index in [4.69, 9.17) is 0 Å². The van der Waals surface area contributed by atoms with Crippen molar-refractivity contribution in [2.45, 2.75) is 17.3 Å². The molecule has 2 aromatic rings. The van der Waals surface area contributed by atoms with Crippen LogP contribution in [-0.2, 0) is 0 Å². The Morgan fingerprint density at radius 1 is 1.33 bits per heavy atom. The van der Waals surface area contributed by atoms with Gasteiger partial charge in [-0.3, -0.25) is 4.79 Å². The average Bonchev–Trinajstić information content (AvgIpc) is 2.55. The summed E-state index contributed by atoms with van der Waals surface area (Å²) in [5, 5.41) is 9.96. The number of hydrogen-bond acceptors (Lipinski definition) is 5. The number of anilines is 1. The Balaban J connectivity index is 1.99. The number of aromatic nitrogens is 1. The Kier molecular flexibility index (Phi) is 3.76. The number of pyridine rings is 1. The van der Waals surface area contributed by atoms with E-state index in [0.29, 0.717) is 16.2 Å². The number of carboxylic acids is 1. The van der Waals surface area contributed by atoms with Crippen molar-refractivity contribution in [2.75, 3.05) is 29.5 Å². The summed E-state index contributed by atoms with van der Waals surface area (Å²) in [6.45, 7) is 3.47. The molecule has 0 saturated carbocycles. The zero-order valence-electron chi connectivity index (χ0n) is 12.9. The van der Waals surface area contributed by atoms with E-state index in [9.17, 15) is 19.1 Å². The van der Waals surface area contributed by atoms with E-state index in [1.54, 1.807) is 6.07 Å². The van der Waals surface area contributed by atoms with Gasteiger partial charge in [-0.1, -0.05) is 11.8 Å². The highest BCUT2D eigenvalue weighted by atomic mass is 32.2. The van der Waals surface area contributed by atoms with Gasteiger partial charge in [-0.25, -0.2) is 9.18 Å². The van der Waals surface area contributed by atoms with Gasteiger partial charge in [0.05, 0.1) is 21.6 Å². The second kappa shape index (κ2) is 5.70. The van der Waals surface area contributed by atoms with Crippen LogP contribution in [0.3, 0.4) is 0 Å². The number of fused-ring (bicyclic) bond motifs is 3. The van der Waals surface area contributed by atoms with Crippen LogP contribution < -0.4 is 10.3 Å². The molecule has 1 atom stereocenters. The number of carboxylic acid groups (broad SMARTS) is 1. The van der Waals surface area contributed by atoms with Crippen molar-refractivity contribution in [2.24, 2.45) is 0 Å². The van der Waals surface area contributed by atoms with Gasteiger partial charge in [-0.15, -0.1) is 0 Å². The van der Waals surface area contributed by atoms with Gasteiger partial charge in [0, 0.05) is 30.0 Å². The summed E-state index contributed by atoms with van der Waals surface area (Å²) in [4.78, 5) is 26.0. The fourth-order valence-corrected chi connectivity index (χ4v) is 5.33. The second-order valence-corrected chi connectivity index (χ2v) is 8.35. The minimum atomic E-state index is -1.26. The van der Waals surface area contributed by atoms with E-state index in [1.165, 1.54) is 17.8 Å². The molecule has 126 valence electrons. The number of rotatable bonds is 2. The van der Waals surface area contributed by atoms with Crippen molar-refractivity contribution in [1.82, 2.24) is 4.57 Å². The van der Waals surface area contributed by atoms with Crippen LogP contribution in [0, 0.1) is 5.82 Å². The monoisotopic (exact) mass is 366 g/mol. The van der Waals surface area contributed by atoms with Gasteiger partial charge < -0.3 is 14.6 Å². The Morgan fingerprint density at radius 2 is 2.04 bits per heavy atom. The Hall–Kier alpha value is -1.67. The highest BCUT2D eigenvalue weighted by Crippen LogP contribution is 2.46. The summed E-state index contributed by atoms with van der Waals surface area (Å²) < 4.78 is 16.4. The van der Waals surface area contributed by atoms with Crippen LogP contribution in [0.15, 0.2) is 22.0 Å². The molecule has 1 unspecified atom stereocenters. The van der Waals surface area contributed by atoms with Gasteiger partial charge >= 0.3 is 5.97 Å². The van der Waals surface area contributed by atoms with Gasteiger partial charge in [0.15, 0.2) is 0 Å². The van der Waals surface area contributed by atoms with Gasteiger partial charge in [-0.05, 0) is 19.1 Å². The Labute approximate surface area is 145 Å². The zero-order valence-corrected chi connectivity index (χ0v) is 14.5. The molecule has 0 bridgehead atoms. The Bertz CT molecular complexity index is 922. The molecule has 5 nitrogen and oxygen atoms in total. The summed E-state index contributed by atoms with van der Waals surface area (Å²) in [5.74, 6) is 0.157. The highest BCUT2D eigenvalue weighted by Gasteiger charge is 2.33. The van der Waals surface area contributed by atoms with E-state index in [2.05, 4.69) is 0 Å². The van der Waals surface area contributed by atoms with Gasteiger partial charge in [0.1, 0.15) is 11.4 Å². The van der Waals surface area contributed by atoms with Gasteiger partial charge in [0.25, 0.3) is 0 Å². The zero-order chi connectivity index (χ0) is 17.0. The molecular weight excluding hydrogens is 351 g/mol. The lowest BCUT2D eigenvalue weighted by atomic mass is 10.1. The SMILES string of the molecule is CC1Sc2c(C(=O)O)c(=O)c3cc(F)c(N4CCSCC4)cc3n21. The van der Waals surface area contributed by atoms with Crippen LogP contribution in [-0.4, -0.2) is 40.2 Å². The lowest BCUT2D eigenvalue weighted by molar-refractivity contribution is 0.0689. The molecule has 3 heterocycles. The normalized spacial score (nSPS) is 19.9. The summed E-state index contributed by atoms with van der Waals surface area (Å²) in [7, 11) is 0. The third kappa shape index (κ3) is 2.23. The maximum absolute atomic E-state index is 14.6. The predicted octanol–water partition coefficient (Wildman–Crippen LogP) is 3.02. The van der Waals surface area contributed by atoms with Crippen molar-refractivity contribution in [3.63, 3.8) is 0 Å². The minimum absolute atomic E-state index is 0.0245. The fourth-order valence-electron chi connectivity index (χ4n) is 3.27. The van der Waals surface area contributed by atoms with Crippen molar-refractivity contribution < 1.29 is 14.3 Å². The third-order valence-electron chi connectivity index (χ3n) is 4.44. The molecule has 24 heavy (non-hydrogen) atoms.